The van der Waals surface area contributed by atoms with Crippen LogP contribution in [0.5, 0.6) is 0 Å². The van der Waals surface area contributed by atoms with Gasteiger partial charge < -0.3 is 14.8 Å². The monoisotopic (exact) mass is 140 g/mol. The van der Waals surface area contributed by atoms with Gasteiger partial charge >= 0.3 is 0 Å². The first-order chi connectivity index (χ1) is 4.74. The second kappa shape index (κ2) is 2.64. The molecule has 1 rings (SSSR count). The highest BCUT2D eigenvalue weighted by Gasteiger charge is 2.03. The summed E-state index contributed by atoms with van der Waals surface area (Å²) in [5.74, 6) is 0. The van der Waals surface area contributed by atoms with E-state index < -0.39 is 6.29 Å². The van der Waals surface area contributed by atoms with E-state index in [1.807, 2.05) is 0 Å². The lowest BCUT2D eigenvalue weighted by atomic mass is 10.5. The van der Waals surface area contributed by atoms with Crippen molar-refractivity contribution in [1.29, 1.82) is 0 Å². The number of aliphatic hydroxyl groups is 2. The van der Waals surface area contributed by atoms with Crippen molar-refractivity contribution in [1.82, 2.24) is 9.55 Å². The normalized spacial score (nSPS) is 10.3. The lowest BCUT2D eigenvalue weighted by molar-refractivity contribution is -0.0455. The van der Waals surface area contributed by atoms with E-state index in [0.29, 0.717) is 0 Å². The highest BCUT2D eigenvalue weighted by Crippen LogP contribution is 2.04. The first-order valence-corrected chi connectivity index (χ1v) is 2.76. The summed E-state index contributed by atoms with van der Waals surface area (Å²) in [6.45, 7) is 3.46. The van der Waals surface area contributed by atoms with Crippen LogP contribution >= 0.6 is 0 Å². The first kappa shape index (κ1) is 6.98. The van der Waals surface area contributed by atoms with E-state index in [-0.39, 0.29) is 5.69 Å². The van der Waals surface area contributed by atoms with E-state index in [9.17, 15) is 0 Å². The standard InChI is InChI=1S/C6H8N2O2/c1-2-8-3-5(6(9)10)7-4-8/h2-4,6,9-10H,1H2. The Morgan fingerprint density at radius 1 is 1.70 bits per heavy atom. The molecule has 0 saturated carbocycles. The van der Waals surface area contributed by atoms with Crippen molar-refractivity contribution >= 4 is 6.20 Å². The highest BCUT2D eigenvalue weighted by molar-refractivity contribution is 5.17. The molecule has 4 heteroatoms. The van der Waals surface area contributed by atoms with Gasteiger partial charge in [-0.2, -0.15) is 0 Å². The van der Waals surface area contributed by atoms with Crippen LogP contribution in [-0.2, 0) is 0 Å². The Hall–Kier alpha value is -1.13. The molecule has 0 amide bonds. The number of hydrogen-bond acceptors (Lipinski definition) is 3. The van der Waals surface area contributed by atoms with Gasteiger partial charge in [0.1, 0.15) is 5.69 Å². The van der Waals surface area contributed by atoms with Crippen molar-refractivity contribution in [3.8, 4) is 0 Å². The first-order valence-electron chi connectivity index (χ1n) is 2.76. The molecule has 0 aliphatic heterocycles. The topological polar surface area (TPSA) is 58.3 Å². The smallest absolute Gasteiger partial charge is 0.197 e. The molecule has 1 heterocycles. The second-order valence-electron chi connectivity index (χ2n) is 1.80. The molecule has 0 saturated heterocycles. The number of hydrogen-bond donors (Lipinski definition) is 2. The fourth-order valence-electron chi connectivity index (χ4n) is 0.586. The Balaban J connectivity index is 2.88. The average molecular weight is 140 g/mol. The van der Waals surface area contributed by atoms with Crippen LogP contribution in [-0.4, -0.2) is 19.8 Å². The van der Waals surface area contributed by atoms with E-state index >= 15 is 0 Å². The minimum absolute atomic E-state index is 0.222. The van der Waals surface area contributed by atoms with Gasteiger partial charge in [-0.3, -0.25) is 0 Å². The zero-order chi connectivity index (χ0) is 7.56. The summed E-state index contributed by atoms with van der Waals surface area (Å²) in [7, 11) is 0. The van der Waals surface area contributed by atoms with Gasteiger partial charge in [0, 0.05) is 12.4 Å². The largest absolute Gasteiger partial charge is 0.363 e. The van der Waals surface area contributed by atoms with Crippen LogP contribution in [0.1, 0.15) is 12.0 Å². The molecule has 0 unspecified atom stereocenters. The molecule has 0 bridgehead atoms. The van der Waals surface area contributed by atoms with Crippen LogP contribution < -0.4 is 0 Å². The number of nitrogens with zero attached hydrogens (tertiary/aromatic N) is 2. The van der Waals surface area contributed by atoms with E-state index in [0.717, 1.165) is 0 Å². The summed E-state index contributed by atoms with van der Waals surface area (Å²) < 4.78 is 1.54. The zero-order valence-corrected chi connectivity index (χ0v) is 5.31. The molecule has 0 spiro atoms. The molecule has 0 aliphatic carbocycles. The summed E-state index contributed by atoms with van der Waals surface area (Å²) in [6, 6.07) is 0. The molecule has 1 aromatic rings. The van der Waals surface area contributed by atoms with Crippen LogP contribution in [0.3, 0.4) is 0 Å². The van der Waals surface area contributed by atoms with E-state index in [2.05, 4.69) is 11.6 Å². The lowest BCUT2D eigenvalue weighted by Crippen LogP contribution is -1.93. The summed E-state index contributed by atoms with van der Waals surface area (Å²) >= 11 is 0. The summed E-state index contributed by atoms with van der Waals surface area (Å²) in [4.78, 5) is 3.68. The number of rotatable bonds is 2. The molecule has 54 valence electrons. The van der Waals surface area contributed by atoms with Crippen LogP contribution in [0.25, 0.3) is 6.20 Å². The van der Waals surface area contributed by atoms with Crippen molar-refractivity contribution in [3.63, 3.8) is 0 Å². The Labute approximate surface area is 58.1 Å². The van der Waals surface area contributed by atoms with Gasteiger partial charge in [-0.25, -0.2) is 4.98 Å². The van der Waals surface area contributed by atoms with Crippen LogP contribution in [0, 0.1) is 0 Å². The molecule has 0 aromatic carbocycles. The third-order valence-corrected chi connectivity index (χ3v) is 1.10. The summed E-state index contributed by atoms with van der Waals surface area (Å²) in [5.41, 5.74) is 0.222. The molecule has 4 nitrogen and oxygen atoms in total. The van der Waals surface area contributed by atoms with Gasteiger partial charge in [0.05, 0.1) is 6.33 Å². The van der Waals surface area contributed by atoms with Crippen molar-refractivity contribution in [2.75, 3.05) is 0 Å². The highest BCUT2D eigenvalue weighted by atomic mass is 16.5. The van der Waals surface area contributed by atoms with Gasteiger partial charge in [0.15, 0.2) is 6.29 Å². The maximum atomic E-state index is 8.58. The predicted octanol–water partition coefficient (Wildman–Crippen LogP) is -0.0332. The lowest BCUT2D eigenvalue weighted by Gasteiger charge is -1.94. The van der Waals surface area contributed by atoms with E-state index in [1.165, 1.54) is 23.3 Å². The fraction of sp³-hybridized carbons (Fsp3) is 0.167. The average Bonchev–Trinajstić information content (AvgIpc) is 2.34. The number of aromatic nitrogens is 2. The Morgan fingerprint density at radius 3 is 2.70 bits per heavy atom. The van der Waals surface area contributed by atoms with Crippen molar-refractivity contribution in [3.05, 3.63) is 24.8 Å². The fourth-order valence-corrected chi connectivity index (χ4v) is 0.586. The third kappa shape index (κ3) is 1.23. The maximum Gasteiger partial charge on any atom is 0.197 e. The van der Waals surface area contributed by atoms with Crippen LogP contribution in [0.4, 0.5) is 0 Å². The maximum absolute atomic E-state index is 8.58. The SMILES string of the molecule is C=Cn1cnc(C(O)O)c1. The Morgan fingerprint density at radius 2 is 2.40 bits per heavy atom. The van der Waals surface area contributed by atoms with Crippen molar-refractivity contribution in [2.24, 2.45) is 0 Å². The Kier molecular flexibility index (Phi) is 1.84. The van der Waals surface area contributed by atoms with Crippen molar-refractivity contribution < 1.29 is 10.2 Å². The van der Waals surface area contributed by atoms with Crippen LogP contribution in [0.15, 0.2) is 19.1 Å². The Bertz CT molecular complexity index is 229. The molecular formula is C6H8N2O2. The van der Waals surface area contributed by atoms with E-state index in [4.69, 9.17) is 10.2 Å². The van der Waals surface area contributed by atoms with Gasteiger partial charge in [0.2, 0.25) is 0 Å². The van der Waals surface area contributed by atoms with E-state index in [1.54, 1.807) is 0 Å². The van der Waals surface area contributed by atoms with Gasteiger partial charge in [-0.1, -0.05) is 6.58 Å². The number of aliphatic hydroxyl groups excluding tert-OH is 1. The van der Waals surface area contributed by atoms with Gasteiger partial charge in [0.25, 0.3) is 0 Å². The molecule has 0 aliphatic rings. The molecule has 0 atom stereocenters. The van der Waals surface area contributed by atoms with Gasteiger partial charge in [-0.05, 0) is 0 Å². The summed E-state index contributed by atoms with van der Waals surface area (Å²) in [5, 5.41) is 17.2. The molecule has 10 heavy (non-hydrogen) atoms. The zero-order valence-electron chi connectivity index (χ0n) is 5.31. The molecule has 0 fully saturated rings. The molecule has 1 aromatic heterocycles. The van der Waals surface area contributed by atoms with Crippen LogP contribution in [0.2, 0.25) is 0 Å². The third-order valence-electron chi connectivity index (χ3n) is 1.10. The predicted molar refractivity (Wildman–Crippen MR) is 35.8 cm³/mol. The minimum Gasteiger partial charge on any atom is -0.363 e. The number of imidazole rings is 1. The van der Waals surface area contributed by atoms with Gasteiger partial charge in [-0.15, -0.1) is 0 Å². The quantitative estimate of drug-likeness (QED) is 0.567. The molecule has 0 radical (unpaired) electrons. The molecule has 2 N–H and O–H groups in total. The summed E-state index contributed by atoms with van der Waals surface area (Å²) in [6.07, 6.45) is 2.94. The molecular weight excluding hydrogens is 132 g/mol. The minimum atomic E-state index is -1.50. The second-order valence-corrected chi connectivity index (χ2v) is 1.80. The van der Waals surface area contributed by atoms with Crippen molar-refractivity contribution in [2.45, 2.75) is 6.29 Å².